The van der Waals surface area contributed by atoms with E-state index in [1.165, 1.54) is 43.5 Å². The number of hydrogen-bond donors (Lipinski definition) is 1. The summed E-state index contributed by atoms with van der Waals surface area (Å²) >= 11 is 5.97. The van der Waals surface area contributed by atoms with E-state index in [4.69, 9.17) is 16.3 Å². The fourth-order valence-corrected chi connectivity index (χ4v) is 2.11. The van der Waals surface area contributed by atoms with Crippen molar-refractivity contribution in [3.8, 4) is 0 Å². The Hall–Kier alpha value is -2.14. The van der Waals surface area contributed by atoms with Crippen LogP contribution in [0.15, 0.2) is 42.5 Å². The largest absolute Gasteiger partial charge is 0.467 e. The van der Waals surface area contributed by atoms with Crippen molar-refractivity contribution in [3.05, 3.63) is 64.7 Å². The van der Waals surface area contributed by atoms with Gasteiger partial charge in [-0.15, -0.1) is 0 Å². The van der Waals surface area contributed by atoms with E-state index in [-0.39, 0.29) is 5.02 Å². The Morgan fingerprint density at radius 1 is 1.14 bits per heavy atom. The van der Waals surface area contributed by atoms with Crippen molar-refractivity contribution >= 4 is 23.3 Å². The van der Waals surface area contributed by atoms with Gasteiger partial charge in [0.25, 0.3) is 0 Å². The number of hydrogen-bond acceptors (Lipinski definition) is 3. The number of benzene rings is 2. The number of methoxy groups -OCH3 is 1. The highest BCUT2D eigenvalue weighted by Gasteiger charge is 2.24. The molecule has 0 aliphatic rings. The summed E-state index contributed by atoms with van der Waals surface area (Å²) in [6, 6.07) is 8.24. The molecule has 0 heterocycles. The number of halogens is 3. The third kappa shape index (κ3) is 3.70. The Balaban J connectivity index is 2.34. The van der Waals surface area contributed by atoms with Crippen molar-refractivity contribution in [2.75, 3.05) is 12.4 Å². The lowest BCUT2D eigenvalue weighted by Gasteiger charge is -2.19. The number of carbonyl (C=O) groups is 1. The lowest BCUT2D eigenvalue weighted by molar-refractivity contribution is -0.141. The highest BCUT2D eigenvalue weighted by molar-refractivity contribution is 6.31. The number of anilines is 1. The van der Waals surface area contributed by atoms with Gasteiger partial charge in [0.1, 0.15) is 11.6 Å². The molecule has 1 N–H and O–H groups in total. The predicted molar refractivity (Wildman–Crippen MR) is 76.2 cm³/mol. The first-order valence-corrected chi connectivity index (χ1v) is 6.44. The van der Waals surface area contributed by atoms with Crippen molar-refractivity contribution < 1.29 is 18.3 Å². The van der Waals surface area contributed by atoms with E-state index < -0.39 is 23.6 Å². The summed E-state index contributed by atoms with van der Waals surface area (Å²) in [4.78, 5) is 11.9. The zero-order chi connectivity index (χ0) is 15.4. The molecule has 0 fully saturated rings. The topological polar surface area (TPSA) is 38.3 Å². The average molecular weight is 312 g/mol. The smallest absolute Gasteiger partial charge is 0.333 e. The molecule has 0 spiro atoms. The van der Waals surface area contributed by atoms with Crippen LogP contribution in [0.3, 0.4) is 0 Å². The van der Waals surface area contributed by atoms with E-state index in [9.17, 15) is 13.6 Å². The first-order chi connectivity index (χ1) is 10.0. The Morgan fingerprint density at radius 3 is 2.33 bits per heavy atom. The Bertz CT molecular complexity index is 647. The van der Waals surface area contributed by atoms with Crippen molar-refractivity contribution in [2.45, 2.75) is 6.04 Å². The molecule has 0 radical (unpaired) electrons. The molecule has 0 amide bonds. The first-order valence-electron chi connectivity index (χ1n) is 6.06. The van der Waals surface area contributed by atoms with Gasteiger partial charge < -0.3 is 10.1 Å². The van der Waals surface area contributed by atoms with Gasteiger partial charge in [0.05, 0.1) is 7.11 Å². The number of nitrogens with one attached hydrogen (secondary N) is 1. The van der Waals surface area contributed by atoms with Crippen LogP contribution in [0.1, 0.15) is 11.6 Å². The van der Waals surface area contributed by atoms with Crippen molar-refractivity contribution in [2.24, 2.45) is 0 Å². The summed E-state index contributed by atoms with van der Waals surface area (Å²) in [5.41, 5.74) is 0.876. The standard InChI is InChI=1S/C15H12ClF2NO2/c1-21-15(20)14(12-7-4-10(18)8-13(12)16)19-11-5-2-9(17)3-6-11/h2-8,14,19H,1H3. The number of ether oxygens (including phenoxy) is 1. The van der Waals surface area contributed by atoms with E-state index in [1.54, 1.807) is 0 Å². The second kappa shape index (κ2) is 6.54. The quantitative estimate of drug-likeness (QED) is 0.869. The van der Waals surface area contributed by atoms with Crippen LogP contribution in [0.4, 0.5) is 14.5 Å². The van der Waals surface area contributed by atoms with Crippen LogP contribution in [0, 0.1) is 11.6 Å². The fraction of sp³-hybridized carbons (Fsp3) is 0.133. The predicted octanol–water partition coefficient (Wildman–Crippen LogP) is 3.94. The zero-order valence-corrected chi connectivity index (χ0v) is 11.8. The minimum atomic E-state index is -0.923. The lowest BCUT2D eigenvalue weighted by Crippen LogP contribution is -2.22. The molecule has 0 aromatic heterocycles. The molecule has 0 aliphatic carbocycles. The highest BCUT2D eigenvalue weighted by Crippen LogP contribution is 2.28. The molecule has 1 atom stereocenters. The maximum Gasteiger partial charge on any atom is 0.333 e. The van der Waals surface area contributed by atoms with Gasteiger partial charge in [0, 0.05) is 16.3 Å². The first kappa shape index (κ1) is 15.3. The van der Waals surface area contributed by atoms with E-state index in [2.05, 4.69) is 5.32 Å². The van der Waals surface area contributed by atoms with Gasteiger partial charge >= 0.3 is 5.97 Å². The molecule has 0 bridgehead atoms. The summed E-state index contributed by atoms with van der Waals surface area (Å²) in [7, 11) is 1.24. The molecule has 6 heteroatoms. The van der Waals surface area contributed by atoms with E-state index in [0.29, 0.717) is 11.3 Å². The van der Waals surface area contributed by atoms with Crippen LogP contribution in [-0.4, -0.2) is 13.1 Å². The lowest BCUT2D eigenvalue weighted by atomic mass is 10.1. The average Bonchev–Trinajstić information content (AvgIpc) is 2.47. The molecule has 21 heavy (non-hydrogen) atoms. The maximum atomic E-state index is 13.1. The Labute approximate surface area is 125 Å². The third-order valence-electron chi connectivity index (χ3n) is 2.87. The molecule has 0 saturated carbocycles. The molecule has 2 rings (SSSR count). The normalized spacial score (nSPS) is 11.8. The third-order valence-corrected chi connectivity index (χ3v) is 3.19. The summed E-state index contributed by atoms with van der Waals surface area (Å²) in [6.07, 6.45) is 0. The Kier molecular flexibility index (Phi) is 4.75. The molecular formula is C15H12ClF2NO2. The molecule has 0 saturated heterocycles. The summed E-state index contributed by atoms with van der Waals surface area (Å²) < 4.78 is 30.7. The Morgan fingerprint density at radius 2 is 1.76 bits per heavy atom. The van der Waals surface area contributed by atoms with Gasteiger partial charge in [-0.2, -0.15) is 0 Å². The van der Waals surface area contributed by atoms with Gasteiger partial charge in [-0.1, -0.05) is 17.7 Å². The molecule has 110 valence electrons. The van der Waals surface area contributed by atoms with Gasteiger partial charge in [-0.3, -0.25) is 0 Å². The van der Waals surface area contributed by atoms with E-state index in [0.717, 1.165) is 6.07 Å². The van der Waals surface area contributed by atoms with Crippen LogP contribution < -0.4 is 5.32 Å². The number of rotatable bonds is 4. The van der Waals surface area contributed by atoms with Crippen LogP contribution in [-0.2, 0) is 9.53 Å². The van der Waals surface area contributed by atoms with Crippen LogP contribution in [0.25, 0.3) is 0 Å². The van der Waals surface area contributed by atoms with Gasteiger partial charge in [0.2, 0.25) is 0 Å². The highest BCUT2D eigenvalue weighted by atomic mass is 35.5. The second-order valence-electron chi connectivity index (χ2n) is 4.27. The van der Waals surface area contributed by atoms with E-state index in [1.807, 2.05) is 0 Å². The van der Waals surface area contributed by atoms with E-state index >= 15 is 0 Å². The minimum Gasteiger partial charge on any atom is -0.467 e. The molecule has 0 aliphatic heterocycles. The SMILES string of the molecule is COC(=O)C(Nc1ccc(F)cc1)c1ccc(F)cc1Cl. The minimum absolute atomic E-state index is 0.0972. The van der Waals surface area contributed by atoms with Crippen LogP contribution in [0.5, 0.6) is 0 Å². The maximum absolute atomic E-state index is 13.1. The van der Waals surface area contributed by atoms with Gasteiger partial charge in [0.15, 0.2) is 6.04 Å². The molecule has 2 aromatic rings. The summed E-state index contributed by atoms with van der Waals surface area (Å²) in [6.45, 7) is 0. The van der Waals surface area contributed by atoms with Gasteiger partial charge in [-0.25, -0.2) is 13.6 Å². The fourth-order valence-electron chi connectivity index (χ4n) is 1.83. The zero-order valence-electron chi connectivity index (χ0n) is 11.1. The van der Waals surface area contributed by atoms with Gasteiger partial charge in [-0.05, 0) is 36.4 Å². The summed E-state index contributed by atoms with van der Waals surface area (Å²) in [5.74, 6) is -1.49. The number of carbonyl (C=O) groups excluding carboxylic acids is 1. The second-order valence-corrected chi connectivity index (χ2v) is 4.68. The molecular weight excluding hydrogens is 300 g/mol. The van der Waals surface area contributed by atoms with Crippen molar-refractivity contribution in [1.29, 1.82) is 0 Å². The molecule has 1 unspecified atom stereocenters. The molecule has 2 aromatic carbocycles. The van der Waals surface area contributed by atoms with Crippen molar-refractivity contribution in [3.63, 3.8) is 0 Å². The van der Waals surface area contributed by atoms with Crippen LogP contribution >= 0.6 is 11.6 Å². The van der Waals surface area contributed by atoms with Crippen molar-refractivity contribution in [1.82, 2.24) is 0 Å². The summed E-state index contributed by atoms with van der Waals surface area (Å²) in [5, 5.41) is 2.98. The number of esters is 1. The van der Waals surface area contributed by atoms with Crippen LogP contribution in [0.2, 0.25) is 5.02 Å². The molecule has 3 nitrogen and oxygen atoms in total. The monoisotopic (exact) mass is 311 g/mol.